The third-order valence-corrected chi connectivity index (χ3v) is 7.70. The Morgan fingerprint density at radius 3 is 2.31 bits per heavy atom. The Kier molecular flexibility index (Phi) is 6.65. The Morgan fingerprint density at radius 2 is 1.62 bits per heavy atom. The highest BCUT2D eigenvalue weighted by molar-refractivity contribution is 6.30. The summed E-state index contributed by atoms with van der Waals surface area (Å²) in [6, 6.07) is 8.46. The summed E-state index contributed by atoms with van der Waals surface area (Å²) in [5, 5.41) is 11.1. The highest BCUT2D eigenvalue weighted by Crippen LogP contribution is 2.42. The van der Waals surface area contributed by atoms with Crippen LogP contribution in [0.2, 0.25) is 5.02 Å². The number of anilines is 1. The lowest BCUT2D eigenvalue weighted by molar-refractivity contribution is 0.170. The second-order valence-electron chi connectivity index (χ2n) is 9.69. The summed E-state index contributed by atoms with van der Waals surface area (Å²) >= 11 is 6.16. The van der Waals surface area contributed by atoms with E-state index >= 15 is 0 Å². The average Bonchev–Trinajstić information content (AvgIpc) is 3.42. The van der Waals surface area contributed by atoms with Crippen LogP contribution in [-0.2, 0) is 0 Å². The Bertz CT molecular complexity index is 909. The molecule has 1 N–H and O–H groups in total. The highest BCUT2D eigenvalue weighted by atomic mass is 35.5. The minimum atomic E-state index is -0.450. The lowest BCUT2D eigenvalue weighted by Crippen LogP contribution is -2.49. The van der Waals surface area contributed by atoms with E-state index < -0.39 is 6.10 Å². The quantitative estimate of drug-likeness (QED) is 0.717. The number of halogens is 1. The van der Waals surface area contributed by atoms with Gasteiger partial charge in [-0.2, -0.15) is 0 Å². The number of hydrogen-bond donors (Lipinski definition) is 1. The Morgan fingerprint density at radius 1 is 0.969 bits per heavy atom. The molecule has 0 amide bonds. The number of aliphatic hydroxyl groups excluding tert-OH is 1. The van der Waals surface area contributed by atoms with Gasteiger partial charge in [-0.1, -0.05) is 30.7 Å². The number of fused-ring (bicyclic) bond motifs is 1. The van der Waals surface area contributed by atoms with Gasteiger partial charge in [0.05, 0.1) is 11.8 Å². The van der Waals surface area contributed by atoms with Gasteiger partial charge in [0, 0.05) is 55.8 Å². The lowest BCUT2D eigenvalue weighted by atomic mass is 9.97. The van der Waals surface area contributed by atoms with E-state index in [1.165, 1.54) is 31.5 Å². The molecule has 1 aromatic carbocycles. The van der Waals surface area contributed by atoms with Crippen LogP contribution in [0.25, 0.3) is 0 Å². The third kappa shape index (κ3) is 4.65. The minimum absolute atomic E-state index is 0.309. The van der Waals surface area contributed by atoms with Gasteiger partial charge in [0.2, 0.25) is 0 Å². The molecule has 0 bridgehead atoms. The molecule has 1 aliphatic carbocycles. The first-order valence-electron chi connectivity index (χ1n) is 12.1. The van der Waals surface area contributed by atoms with Crippen molar-refractivity contribution >= 4 is 17.4 Å². The molecule has 1 aromatic heterocycles. The molecule has 2 saturated heterocycles. The highest BCUT2D eigenvalue weighted by Gasteiger charge is 2.34. The van der Waals surface area contributed by atoms with E-state index in [-0.39, 0.29) is 0 Å². The second kappa shape index (κ2) is 9.64. The normalized spacial score (nSPS) is 25.3. The van der Waals surface area contributed by atoms with E-state index in [9.17, 15) is 5.11 Å². The van der Waals surface area contributed by atoms with Gasteiger partial charge in [0.25, 0.3) is 0 Å². The van der Waals surface area contributed by atoms with Crippen LogP contribution < -0.4 is 4.90 Å². The van der Waals surface area contributed by atoms with Gasteiger partial charge in [-0.05, 0) is 56.0 Å². The van der Waals surface area contributed by atoms with Crippen LogP contribution in [0.3, 0.4) is 0 Å². The molecular weight excluding hydrogens is 422 g/mol. The van der Waals surface area contributed by atoms with Crippen molar-refractivity contribution in [1.82, 2.24) is 19.8 Å². The number of piperazine rings is 1. The van der Waals surface area contributed by atoms with Crippen LogP contribution in [0.15, 0.2) is 30.6 Å². The number of rotatable bonds is 6. The van der Waals surface area contributed by atoms with Crippen LogP contribution in [0.5, 0.6) is 0 Å². The minimum Gasteiger partial charge on any atom is -0.387 e. The zero-order valence-electron chi connectivity index (χ0n) is 19.0. The van der Waals surface area contributed by atoms with Gasteiger partial charge in [-0.3, -0.25) is 4.90 Å². The molecule has 6 nitrogen and oxygen atoms in total. The Balaban J connectivity index is 1.25. The molecule has 3 atom stereocenters. The van der Waals surface area contributed by atoms with Gasteiger partial charge >= 0.3 is 0 Å². The summed E-state index contributed by atoms with van der Waals surface area (Å²) in [5.41, 5.74) is 3.38. The van der Waals surface area contributed by atoms with Gasteiger partial charge in [-0.15, -0.1) is 0 Å². The van der Waals surface area contributed by atoms with Crippen molar-refractivity contribution in [2.75, 3.05) is 57.3 Å². The van der Waals surface area contributed by atoms with E-state index in [2.05, 4.69) is 43.7 Å². The summed E-state index contributed by atoms with van der Waals surface area (Å²) in [4.78, 5) is 16.6. The fourth-order valence-corrected chi connectivity index (χ4v) is 5.81. The van der Waals surface area contributed by atoms with E-state index in [0.29, 0.717) is 11.8 Å². The molecule has 3 aliphatic rings. The maximum atomic E-state index is 10.3. The van der Waals surface area contributed by atoms with E-state index in [4.69, 9.17) is 11.6 Å². The molecule has 1 unspecified atom stereocenters. The summed E-state index contributed by atoms with van der Waals surface area (Å²) in [7, 11) is 0. The fourth-order valence-electron chi connectivity index (χ4n) is 5.69. The second-order valence-corrected chi connectivity index (χ2v) is 10.1. The van der Waals surface area contributed by atoms with Gasteiger partial charge in [-0.25, -0.2) is 9.97 Å². The maximum absolute atomic E-state index is 10.3. The Labute approximate surface area is 196 Å². The molecule has 3 heterocycles. The SMILES string of the molecule is C[C@@H]1C[C@@H](O)c2ncnc(N3CCN(CC(CN4CCCC4)c4ccc(Cl)cc4)CC3)c21. The predicted molar refractivity (Wildman–Crippen MR) is 129 cm³/mol. The van der Waals surface area contributed by atoms with E-state index in [1.54, 1.807) is 6.33 Å². The van der Waals surface area contributed by atoms with Crippen LogP contribution in [0.1, 0.15) is 60.9 Å². The largest absolute Gasteiger partial charge is 0.387 e. The number of benzene rings is 1. The van der Waals surface area contributed by atoms with Crippen LogP contribution in [-0.4, -0.2) is 77.2 Å². The molecule has 172 valence electrons. The van der Waals surface area contributed by atoms with Crippen molar-refractivity contribution in [2.24, 2.45) is 0 Å². The molecule has 0 saturated carbocycles. The smallest absolute Gasteiger partial charge is 0.135 e. The number of nitrogens with zero attached hydrogens (tertiary/aromatic N) is 5. The third-order valence-electron chi connectivity index (χ3n) is 7.45. The summed E-state index contributed by atoms with van der Waals surface area (Å²) < 4.78 is 0. The number of aromatic nitrogens is 2. The number of likely N-dealkylation sites (tertiary alicyclic amines) is 1. The first-order valence-corrected chi connectivity index (χ1v) is 12.4. The Hall–Kier alpha value is -1.73. The van der Waals surface area contributed by atoms with Crippen LogP contribution >= 0.6 is 11.6 Å². The molecule has 0 radical (unpaired) electrons. The van der Waals surface area contributed by atoms with E-state index in [0.717, 1.165) is 67.8 Å². The van der Waals surface area contributed by atoms with Crippen molar-refractivity contribution < 1.29 is 5.11 Å². The summed E-state index contributed by atoms with van der Waals surface area (Å²) in [5.74, 6) is 1.84. The number of aliphatic hydroxyl groups is 1. The first kappa shape index (κ1) is 22.1. The zero-order chi connectivity index (χ0) is 22.1. The lowest BCUT2D eigenvalue weighted by Gasteiger charge is -2.38. The van der Waals surface area contributed by atoms with Crippen molar-refractivity contribution in [3.05, 3.63) is 52.4 Å². The maximum Gasteiger partial charge on any atom is 0.135 e. The molecule has 32 heavy (non-hydrogen) atoms. The summed E-state index contributed by atoms with van der Waals surface area (Å²) in [6.07, 6.45) is 4.56. The molecule has 7 heteroatoms. The molecule has 2 aromatic rings. The van der Waals surface area contributed by atoms with Gasteiger partial charge in [0.1, 0.15) is 12.1 Å². The van der Waals surface area contributed by atoms with Gasteiger partial charge in [0.15, 0.2) is 0 Å². The van der Waals surface area contributed by atoms with E-state index in [1.807, 2.05) is 12.1 Å². The number of hydrogen-bond acceptors (Lipinski definition) is 6. The topological polar surface area (TPSA) is 55.7 Å². The van der Waals surface area contributed by atoms with Crippen molar-refractivity contribution in [2.45, 2.75) is 44.1 Å². The molecule has 0 spiro atoms. The molecule has 2 fully saturated rings. The zero-order valence-corrected chi connectivity index (χ0v) is 19.7. The first-order chi connectivity index (χ1) is 15.6. The summed E-state index contributed by atoms with van der Waals surface area (Å²) in [6.45, 7) is 10.8. The standard InChI is InChI=1S/C25H34ClN5O/c1-18-14-22(32)24-23(18)25(28-17-27-24)31-12-10-30(11-13-31)16-20(15-29-8-2-3-9-29)19-4-6-21(26)7-5-19/h4-7,17-18,20,22,32H,2-3,8-16H2,1H3/t18-,20?,22-/m1/s1. The molecular formula is C25H34ClN5O. The van der Waals surface area contributed by atoms with Crippen LogP contribution in [0.4, 0.5) is 5.82 Å². The molecule has 5 rings (SSSR count). The predicted octanol–water partition coefficient (Wildman–Crippen LogP) is 3.67. The fraction of sp³-hybridized carbons (Fsp3) is 0.600. The molecule has 2 aliphatic heterocycles. The van der Waals surface area contributed by atoms with Gasteiger partial charge < -0.3 is 14.9 Å². The van der Waals surface area contributed by atoms with Crippen LogP contribution in [0, 0.1) is 0 Å². The van der Waals surface area contributed by atoms with Crippen molar-refractivity contribution in [1.29, 1.82) is 0 Å². The van der Waals surface area contributed by atoms with Crippen molar-refractivity contribution in [3.63, 3.8) is 0 Å². The average molecular weight is 456 g/mol. The van der Waals surface area contributed by atoms with Crippen molar-refractivity contribution in [3.8, 4) is 0 Å². The monoisotopic (exact) mass is 455 g/mol.